The highest BCUT2D eigenvalue weighted by atomic mass is 32.2. The molecule has 0 unspecified atom stereocenters. The van der Waals surface area contributed by atoms with E-state index in [9.17, 15) is 0 Å². The Morgan fingerprint density at radius 2 is 1.60 bits per heavy atom. The summed E-state index contributed by atoms with van der Waals surface area (Å²) in [5.74, 6) is 0. The van der Waals surface area contributed by atoms with Crippen LogP contribution in [0.4, 0.5) is 0 Å². The van der Waals surface area contributed by atoms with E-state index in [2.05, 4.69) is 98.1 Å². The summed E-state index contributed by atoms with van der Waals surface area (Å²) in [7, 11) is 0. The summed E-state index contributed by atoms with van der Waals surface area (Å²) in [6.45, 7) is 34.4. The molecule has 0 aliphatic carbocycles. The maximum Gasteiger partial charge on any atom is 0.0343 e. The molecule has 0 amide bonds. The molecule has 0 spiro atoms. The zero-order chi connectivity index (χ0) is 28.0. The standard InChI is InChI=1S/C16H29NS.C11H15N.C3H8.C2H6/c1-8-9-10-11-17-14(5)16(12(2)3)13(4)15(6)18-7;1-5-10(6-2)11-8(3)7-12-9(11)4;1-3-2;1-2/h17H,5,8-11H2,1-4,6-7H3;5-7,12H,1H2,2-4H3;3H2,1-2H3;1-2H3/b15-13+;10-6+;;. The summed E-state index contributed by atoms with van der Waals surface area (Å²) in [4.78, 5) is 4.56. The van der Waals surface area contributed by atoms with Gasteiger partial charge in [0.2, 0.25) is 0 Å². The molecule has 202 valence electrons. The molecule has 3 heteroatoms. The number of aromatic nitrogens is 1. The zero-order valence-electron chi connectivity index (χ0n) is 25.6. The van der Waals surface area contributed by atoms with E-state index in [1.54, 1.807) is 11.8 Å². The molecule has 0 fully saturated rings. The summed E-state index contributed by atoms with van der Waals surface area (Å²) in [6.07, 6.45) is 13.1. The summed E-state index contributed by atoms with van der Waals surface area (Å²) < 4.78 is 0. The third-order valence-electron chi connectivity index (χ3n) is 5.22. The largest absolute Gasteiger partial charge is 0.385 e. The molecule has 0 atom stereocenters. The number of aromatic amines is 1. The third kappa shape index (κ3) is 15.7. The van der Waals surface area contributed by atoms with Crippen LogP contribution < -0.4 is 5.32 Å². The van der Waals surface area contributed by atoms with Crippen molar-refractivity contribution in [2.75, 3.05) is 12.8 Å². The van der Waals surface area contributed by atoms with Gasteiger partial charge in [0, 0.05) is 29.7 Å². The third-order valence-corrected chi connectivity index (χ3v) is 6.14. The van der Waals surface area contributed by atoms with Crippen molar-refractivity contribution in [3.05, 3.63) is 75.6 Å². The Morgan fingerprint density at radius 1 is 1.06 bits per heavy atom. The first kappa shape index (κ1) is 37.7. The van der Waals surface area contributed by atoms with Crippen molar-refractivity contribution in [3.63, 3.8) is 0 Å². The number of allylic oxidation sites excluding steroid dienone is 6. The maximum absolute atomic E-state index is 4.20. The lowest BCUT2D eigenvalue weighted by molar-refractivity contribution is 0.671. The van der Waals surface area contributed by atoms with E-state index in [1.807, 2.05) is 33.0 Å². The zero-order valence-corrected chi connectivity index (χ0v) is 26.4. The first-order valence-electron chi connectivity index (χ1n) is 13.3. The lowest BCUT2D eigenvalue weighted by Gasteiger charge is -2.17. The van der Waals surface area contributed by atoms with Crippen molar-refractivity contribution in [1.82, 2.24) is 10.3 Å². The fraction of sp³-hybridized carbons (Fsp3) is 0.562. The number of hydrogen-bond donors (Lipinski definition) is 2. The molecule has 0 aromatic carbocycles. The second-order valence-electron chi connectivity index (χ2n) is 8.50. The monoisotopic (exact) mass is 502 g/mol. The summed E-state index contributed by atoms with van der Waals surface area (Å²) in [5, 5.41) is 3.46. The van der Waals surface area contributed by atoms with Crippen LogP contribution in [0.5, 0.6) is 0 Å². The predicted octanol–water partition coefficient (Wildman–Crippen LogP) is 10.9. The number of aryl methyl sites for hydroxylation is 2. The van der Waals surface area contributed by atoms with Crippen LogP contribution in [-0.4, -0.2) is 17.8 Å². The minimum atomic E-state index is 1.02. The first-order chi connectivity index (χ1) is 16.6. The molecule has 1 aromatic heterocycles. The molecule has 1 heterocycles. The molecule has 1 aromatic rings. The Hall–Kier alpha value is -1.87. The first-order valence-corrected chi connectivity index (χ1v) is 14.6. The van der Waals surface area contributed by atoms with Gasteiger partial charge in [0.15, 0.2) is 0 Å². The van der Waals surface area contributed by atoms with Gasteiger partial charge in [-0.1, -0.05) is 84.8 Å². The van der Waals surface area contributed by atoms with Crippen molar-refractivity contribution in [3.8, 4) is 0 Å². The van der Waals surface area contributed by atoms with Gasteiger partial charge in [-0.3, -0.25) is 0 Å². The smallest absolute Gasteiger partial charge is 0.0343 e. The average Bonchev–Trinajstić information content (AvgIpc) is 3.17. The van der Waals surface area contributed by atoms with Gasteiger partial charge in [-0.25, -0.2) is 0 Å². The van der Waals surface area contributed by atoms with Gasteiger partial charge in [0.25, 0.3) is 0 Å². The van der Waals surface area contributed by atoms with Gasteiger partial charge in [0.1, 0.15) is 0 Å². The van der Waals surface area contributed by atoms with Gasteiger partial charge in [-0.2, -0.15) is 0 Å². The summed E-state index contributed by atoms with van der Waals surface area (Å²) >= 11 is 1.80. The highest BCUT2D eigenvalue weighted by Gasteiger charge is 2.09. The van der Waals surface area contributed by atoms with Crippen LogP contribution in [0, 0.1) is 13.8 Å². The Kier molecular flexibility index (Phi) is 25.7. The van der Waals surface area contributed by atoms with Crippen LogP contribution in [0.2, 0.25) is 0 Å². The van der Waals surface area contributed by atoms with Crippen molar-refractivity contribution in [2.45, 2.75) is 109 Å². The Labute approximate surface area is 224 Å². The Balaban J connectivity index is -0.000000517. The van der Waals surface area contributed by atoms with Crippen molar-refractivity contribution in [1.29, 1.82) is 0 Å². The van der Waals surface area contributed by atoms with E-state index >= 15 is 0 Å². The van der Waals surface area contributed by atoms with Crippen LogP contribution in [0.1, 0.15) is 112 Å². The molecule has 0 aliphatic heterocycles. The van der Waals surface area contributed by atoms with Crippen molar-refractivity contribution in [2.24, 2.45) is 0 Å². The highest BCUT2D eigenvalue weighted by Crippen LogP contribution is 2.27. The Bertz CT molecular complexity index is 780. The SMILES string of the molecule is C=C(NCCCCC)C(=C(C)C)/C(C)=C(\C)SC.C=C/C(=C\C)c1c(C)c[nH]c1C.CC.CCC. The normalized spacial score (nSPS) is 10.8. The minimum Gasteiger partial charge on any atom is -0.385 e. The van der Waals surface area contributed by atoms with Crippen molar-refractivity contribution >= 4 is 17.3 Å². The molecule has 1 rings (SSSR count). The van der Waals surface area contributed by atoms with E-state index < -0.39 is 0 Å². The molecular formula is C32H58N2S. The van der Waals surface area contributed by atoms with E-state index in [0.717, 1.165) is 12.2 Å². The number of hydrogen-bond acceptors (Lipinski definition) is 2. The average molecular weight is 503 g/mol. The Morgan fingerprint density at radius 3 is 1.94 bits per heavy atom. The lowest BCUT2D eigenvalue weighted by Crippen LogP contribution is -2.17. The fourth-order valence-corrected chi connectivity index (χ4v) is 3.81. The van der Waals surface area contributed by atoms with E-state index in [-0.39, 0.29) is 0 Å². The molecule has 0 saturated carbocycles. The molecule has 0 saturated heterocycles. The molecule has 0 bridgehead atoms. The van der Waals surface area contributed by atoms with Crippen LogP contribution in [0.25, 0.3) is 5.57 Å². The molecule has 35 heavy (non-hydrogen) atoms. The fourth-order valence-electron chi connectivity index (χ4n) is 3.40. The number of unbranched alkanes of at least 4 members (excludes halogenated alkanes) is 2. The van der Waals surface area contributed by atoms with Gasteiger partial charge in [0.05, 0.1) is 0 Å². The van der Waals surface area contributed by atoms with Gasteiger partial charge >= 0.3 is 0 Å². The predicted molar refractivity (Wildman–Crippen MR) is 168 cm³/mol. The van der Waals surface area contributed by atoms with Gasteiger partial charge in [-0.15, -0.1) is 11.8 Å². The number of nitrogens with one attached hydrogen (secondary N) is 2. The summed E-state index contributed by atoms with van der Waals surface area (Å²) in [6, 6.07) is 0. The van der Waals surface area contributed by atoms with E-state index in [0.29, 0.717) is 0 Å². The topological polar surface area (TPSA) is 27.8 Å². The molecule has 0 aliphatic rings. The van der Waals surface area contributed by atoms with E-state index in [4.69, 9.17) is 0 Å². The number of H-pyrrole nitrogens is 1. The summed E-state index contributed by atoms with van der Waals surface area (Å²) in [5.41, 5.74) is 10.00. The quantitative estimate of drug-likeness (QED) is 0.246. The highest BCUT2D eigenvalue weighted by molar-refractivity contribution is 8.02. The number of rotatable bonds is 10. The molecule has 2 N–H and O–H groups in total. The van der Waals surface area contributed by atoms with Crippen molar-refractivity contribution < 1.29 is 0 Å². The van der Waals surface area contributed by atoms with E-state index in [1.165, 1.54) is 69.7 Å². The second-order valence-corrected chi connectivity index (χ2v) is 9.52. The van der Waals surface area contributed by atoms with Gasteiger partial charge < -0.3 is 10.3 Å². The molecule has 2 nitrogen and oxygen atoms in total. The number of thioether (sulfide) groups is 1. The lowest BCUT2D eigenvalue weighted by atomic mass is 9.99. The van der Waals surface area contributed by atoms with Crippen LogP contribution in [0.3, 0.4) is 0 Å². The van der Waals surface area contributed by atoms with Crippen LogP contribution in [-0.2, 0) is 0 Å². The maximum atomic E-state index is 4.20. The molecule has 0 radical (unpaired) electrons. The van der Waals surface area contributed by atoms with Crippen LogP contribution in [0.15, 0.2) is 58.8 Å². The van der Waals surface area contributed by atoms with Gasteiger partial charge in [-0.05, 0) is 88.3 Å². The minimum absolute atomic E-state index is 1.02. The molecular weight excluding hydrogens is 444 g/mol. The second kappa shape index (κ2) is 23.9. The van der Waals surface area contributed by atoms with Crippen LogP contribution >= 0.6 is 11.8 Å².